The zero-order valence-electron chi connectivity index (χ0n) is 13.4. The van der Waals surface area contributed by atoms with Crippen molar-refractivity contribution in [1.82, 2.24) is 9.97 Å². The number of hydrogen-bond acceptors (Lipinski definition) is 4. The van der Waals surface area contributed by atoms with Gasteiger partial charge < -0.3 is 9.64 Å². The van der Waals surface area contributed by atoms with Crippen molar-refractivity contribution in [3.63, 3.8) is 0 Å². The standard InChI is InChI=1S/C15H21F2N3OSi/c1-21-13-11-12(5-10-22(2,3)4)18-14(19-13)20-8-6-15(16,17)7-9-20/h11H,6-9H2,1-4H3. The lowest BCUT2D eigenvalue weighted by Gasteiger charge is -2.31. The van der Waals surface area contributed by atoms with Crippen LogP contribution in [0, 0.1) is 11.5 Å². The van der Waals surface area contributed by atoms with Crippen LogP contribution in [-0.2, 0) is 0 Å². The van der Waals surface area contributed by atoms with Crippen LogP contribution < -0.4 is 9.64 Å². The number of piperidine rings is 1. The van der Waals surface area contributed by atoms with Crippen molar-refractivity contribution in [3.8, 4) is 17.3 Å². The second-order valence-electron chi connectivity index (χ2n) is 6.44. The zero-order chi connectivity index (χ0) is 16.4. The molecule has 0 spiro atoms. The lowest BCUT2D eigenvalue weighted by atomic mass is 10.1. The van der Waals surface area contributed by atoms with Crippen LogP contribution in [0.4, 0.5) is 14.7 Å². The lowest BCUT2D eigenvalue weighted by molar-refractivity contribution is -0.0222. The molecule has 0 bridgehead atoms. The summed E-state index contributed by atoms with van der Waals surface area (Å²) in [4.78, 5) is 10.4. The summed E-state index contributed by atoms with van der Waals surface area (Å²) in [6.45, 7) is 6.91. The molecule has 0 aliphatic carbocycles. The molecule has 2 heterocycles. The highest BCUT2D eigenvalue weighted by Gasteiger charge is 2.34. The van der Waals surface area contributed by atoms with E-state index in [2.05, 4.69) is 41.1 Å². The summed E-state index contributed by atoms with van der Waals surface area (Å²) in [5, 5.41) is 0. The van der Waals surface area contributed by atoms with Gasteiger partial charge in [-0.2, -0.15) is 4.98 Å². The number of ether oxygens (including phenoxy) is 1. The van der Waals surface area contributed by atoms with E-state index >= 15 is 0 Å². The van der Waals surface area contributed by atoms with Gasteiger partial charge >= 0.3 is 0 Å². The van der Waals surface area contributed by atoms with Gasteiger partial charge in [0.2, 0.25) is 11.8 Å². The third-order valence-corrected chi connectivity index (χ3v) is 4.12. The smallest absolute Gasteiger partial charge is 0.251 e. The summed E-state index contributed by atoms with van der Waals surface area (Å²) in [6.07, 6.45) is -0.354. The first-order valence-corrected chi connectivity index (χ1v) is 10.8. The van der Waals surface area contributed by atoms with Gasteiger partial charge in [-0.1, -0.05) is 25.6 Å². The molecule has 0 N–H and O–H groups in total. The van der Waals surface area contributed by atoms with Gasteiger partial charge in [0, 0.05) is 32.0 Å². The van der Waals surface area contributed by atoms with Crippen LogP contribution in [0.15, 0.2) is 6.07 Å². The molecule has 22 heavy (non-hydrogen) atoms. The van der Waals surface area contributed by atoms with Crippen LogP contribution in [0.1, 0.15) is 18.5 Å². The highest BCUT2D eigenvalue weighted by Crippen LogP contribution is 2.29. The molecule has 1 fully saturated rings. The molecule has 1 saturated heterocycles. The Kier molecular flexibility index (Phi) is 4.71. The fraction of sp³-hybridized carbons (Fsp3) is 0.600. The average molecular weight is 325 g/mol. The van der Waals surface area contributed by atoms with Crippen LogP contribution in [0.25, 0.3) is 0 Å². The maximum atomic E-state index is 13.3. The van der Waals surface area contributed by atoms with Crippen molar-refractivity contribution >= 4 is 14.0 Å². The average Bonchev–Trinajstić information content (AvgIpc) is 2.44. The van der Waals surface area contributed by atoms with Crippen LogP contribution in [0.3, 0.4) is 0 Å². The van der Waals surface area contributed by atoms with E-state index in [1.54, 1.807) is 11.0 Å². The third kappa shape index (κ3) is 4.66. The van der Waals surface area contributed by atoms with E-state index in [4.69, 9.17) is 4.74 Å². The minimum absolute atomic E-state index is 0.177. The summed E-state index contributed by atoms with van der Waals surface area (Å²) in [6, 6.07) is 1.68. The summed E-state index contributed by atoms with van der Waals surface area (Å²) in [5.74, 6) is 1.29. The number of methoxy groups -OCH3 is 1. The van der Waals surface area contributed by atoms with Crippen molar-refractivity contribution in [3.05, 3.63) is 11.8 Å². The molecule has 1 aliphatic rings. The largest absolute Gasteiger partial charge is 0.481 e. The number of hydrogen-bond donors (Lipinski definition) is 0. The van der Waals surface area contributed by atoms with Crippen LogP contribution in [-0.4, -0.2) is 44.2 Å². The second kappa shape index (κ2) is 6.21. The van der Waals surface area contributed by atoms with E-state index in [0.29, 0.717) is 17.5 Å². The van der Waals surface area contributed by atoms with Gasteiger partial charge in [0.15, 0.2) is 0 Å². The van der Waals surface area contributed by atoms with Crippen molar-refractivity contribution in [2.45, 2.75) is 38.4 Å². The number of rotatable bonds is 2. The first-order chi connectivity index (χ1) is 10.2. The molecular formula is C15H21F2N3OSi. The van der Waals surface area contributed by atoms with Crippen molar-refractivity contribution < 1.29 is 13.5 Å². The van der Waals surface area contributed by atoms with E-state index in [-0.39, 0.29) is 25.9 Å². The topological polar surface area (TPSA) is 38.2 Å². The Morgan fingerprint density at radius 1 is 1.23 bits per heavy atom. The molecule has 0 atom stereocenters. The molecule has 2 rings (SSSR count). The Bertz CT molecular complexity index is 595. The molecule has 0 unspecified atom stereocenters. The van der Waals surface area contributed by atoms with Gasteiger partial charge in [-0.3, -0.25) is 0 Å². The highest BCUT2D eigenvalue weighted by molar-refractivity contribution is 6.83. The molecule has 1 aromatic rings. The molecule has 0 saturated carbocycles. The Hall–Kier alpha value is -1.68. The number of anilines is 1. The van der Waals surface area contributed by atoms with Gasteiger partial charge in [-0.25, -0.2) is 13.8 Å². The molecule has 4 nitrogen and oxygen atoms in total. The Balaban J connectivity index is 2.26. The minimum atomic E-state index is -2.59. The quantitative estimate of drug-likeness (QED) is 0.619. The number of nitrogens with zero attached hydrogens (tertiary/aromatic N) is 3. The van der Waals surface area contributed by atoms with Gasteiger partial charge in [-0.05, 0) is 0 Å². The second-order valence-corrected chi connectivity index (χ2v) is 11.2. The summed E-state index contributed by atoms with van der Waals surface area (Å²) >= 11 is 0. The monoisotopic (exact) mass is 325 g/mol. The molecule has 0 aromatic carbocycles. The van der Waals surface area contributed by atoms with Gasteiger partial charge in [-0.15, -0.1) is 5.54 Å². The lowest BCUT2D eigenvalue weighted by Crippen LogP contribution is -2.40. The molecular weight excluding hydrogens is 304 g/mol. The fourth-order valence-corrected chi connectivity index (χ4v) is 2.51. The van der Waals surface area contributed by atoms with Gasteiger partial charge in [0.1, 0.15) is 13.8 Å². The Labute approximate surface area is 130 Å². The molecule has 0 radical (unpaired) electrons. The molecule has 7 heteroatoms. The first kappa shape index (κ1) is 16.7. The maximum absolute atomic E-state index is 13.3. The van der Waals surface area contributed by atoms with Gasteiger partial charge in [0.05, 0.1) is 7.11 Å². The fourth-order valence-electron chi connectivity index (χ4n) is 2.01. The number of aromatic nitrogens is 2. The van der Waals surface area contributed by atoms with Crippen molar-refractivity contribution in [2.75, 3.05) is 25.1 Å². The Morgan fingerprint density at radius 2 is 1.86 bits per heavy atom. The van der Waals surface area contributed by atoms with Crippen LogP contribution in [0.5, 0.6) is 5.88 Å². The van der Waals surface area contributed by atoms with Gasteiger partial charge in [0.25, 0.3) is 5.92 Å². The van der Waals surface area contributed by atoms with Crippen LogP contribution >= 0.6 is 0 Å². The summed E-state index contributed by atoms with van der Waals surface area (Å²) < 4.78 is 31.7. The van der Waals surface area contributed by atoms with Crippen molar-refractivity contribution in [2.24, 2.45) is 0 Å². The highest BCUT2D eigenvalue weighted by atomic mass is 28.3. The van der Waals surface area contributed by atoms with E-state index < -0.39 is 14.0 Å². The first-order valence-electron chi connectivity index (χ1n) is 7.28. The van der Waals surface area contributed by atoms with E-state index in [0.717, 1.165) is 0 Å². The van der Waals surface area contributed by atoms with E-state index in [9.17, 15) is 8.78 Å². The minimum Gasteiger partial charge on any atom is -0.481 e. The normalized spacial score (nSPS) is 17.6. The summed E-state index contributed by atoms with van der Waals surface area (Å²) in [7, 11) is 0.00135. The van der Waals surface area contributed by atoms with E-state index in [1.807, 2.05) is 0 Å². The Morgan fingerprint density at radius 3 is 2.41 bits per heavy atom. The van der Waals surface area contributed by atoms with Crippen LogP contribution in [0.2, 0.25) is 19.6 Å². The SMILES string of the molecule is COc1cc(C#C[Si](C)(C)C)nc(N2CCC(F)(F)CC2)n1. The predicted molar refractivity (Wildman–Crippen MR) is 85.2 cm³/mol. The molecule has 120 valence electrons. The van der Waals surface area contributed by atoms with E-state index in [1.165, 1.54) is 7.11 Å². The molecule has 0 amide bonds. The third-order valence-electron chi connectivity index (χ3n) is 3.24. The number of halogens is 2. The number of alkyl halides is 2. The maximum Gasteiger partial charge on any atom is 0.251 e. The molecule has 1 aliphatic heterocycles. The molecule has 1 aromatic heterocycles. The van der Waals surface area contributed by atoms with Crippen molar-refractivity contribution in [1.29, 1.82) is 0 Å². The summed E-state index contributed by atoms with van der Waals surface area (Å²) in [5.41, 5.74) is 3.81. The zero-order valence-corrected chi connectivity index (χ0v) is 14.4. The predicted octanol–water partition coefficient (Wildman–Crippen LogP) is 2.95.